The fraction of sp³-hybridized carbons (Fsp3) is 0.0769. The molecule has 0 saturated heterocycles. The second kappa shape index (κ2) is 5.96. The minimum atomic E-state index is -3.57. The van der Waals surface area contributed by atoms with Crippen molar-refractivity contribution in [2.45, 2.75) is 5.75 Å². The SMILES string of the molecule is O=S1(=O)C=CC(/C=C/S(=O)(=O)Cc2ccc(Cl)cc2Cl)=C1. The number of allylic oxidation sites excluding steroid dienone is 3. The number of hydrogen-bond donors (Lipinski definition) is 0. The maximum Gasteiger partial charge on any atom is 0.193 e. The largest absolute Gasteiger partial charge is 0.224 e. The third-order valence-electron chi connectivity index (χ3n) is 2.59. The standard InChI is InChI=1S/C13H10Cl2O4S2/c14-12-2-1-11(13(15)7-12)9-21(18,19)6-4-10-3-5-20(16,17)8-10/h1-8H,9H2/b6-4+. The minimum Gasteiger partial charge on any atom is -0.224 e. The van der Waals surface area contributed by atoms with Crippen molar-refractivity contribution < 1.29 is 16.8 Å². The predicted octanol–water partition coefficient (Wildman–Crippen LogP) is 3.25. The maximum atomic E-state index is 12.0. The van der Waals surface area contributed by atoms with Crippen LogP contribution in [-0.2, 0) is 25.4 Å². The van der Waals surface area contributed by atoms with E-state index in [0.717, 1.165) is 16.2 Å². The van der Waals surface area contributed by atoms with Crippen LogP contribution in [0.3, 0.4) is 0 Å². The lowest BCUT2D eigenvalue weighted by molar-refractivity contribution is 0.603. The van der Waals surface area contributed by atoms with Gasteiger partial charge in [-0.1, -0.05) is 29.3 Å². The molecule has 1 aromatic carbocycles. The Morgan fingerprint density at radius 3 is 2.48 bits per heavy atom. The molecule has 1 aliphatic rings. The van der Waals surface area contributed by atoms with Crippen LogP contribution in [-0.4, -0.2) is 16.8 Å². The first-order valence-corrected chi connectivity index (χ1v) is 9.75. The lowest BCUT2D eigenvalue weighted by Crippen LogP contribution is -2.00. The molecular formula is C13H10Cl2O4S2. The Kier molecular flexibility index (Phi) is 4.63. The van der Waals surface area contributed by atoms with E-state index in [2.05, 4.69) is 0 Å². The fourth-order valence-electron chi connectivity index (χ4n) is 1.62. The summed E-state index contributed by atoms with van der Waals surface area (Å²) < 4.78 is 46.3. The highest BCUT2D eigenvalue weighted by atomic mass is 35.5. The van der Waals surface area contributed by atoms with Crippen LogP contribution in [0, 0.1) is 0 Å². The van der Waals surface area contributed by atoms with Gasteiger partial charge in [-0.15, -0.1) is 0 Å². The van der Waals surface area contributed by atoms with Crippen LogP contribution in [0.25, 0.3) is 0 Å². The molecule has 0 aromatic heterocycles. The molecule has 0 amide bonds. The molecule has 21 heavy (non-hydrogen) atoms. The summed E-state index contributed by atoms with van der Waals surface area (Å²) in [7, 11) is -6.93. The zero-order chi connectivity index (χ0) is 15.7. The molecule has 0 fully saturated rings. The average molecular weight is 365 g/mol. The lowest BCUT2D eigenvalue weighted by atomic mass is 10.2. The number of sulfone groups is 2. The zero-order valence-corrected chi connectivity index (χ0v) is 13.7. The van der Waals surface area contributed by atoms with Gasteiger partial charge in [-0.3, -0.25) is 0 Å². The first-order chi connectivity index (χ1) is 9.67. The first-order valence-electron chi connectivity index (χ1n) is 5.66. The fourth-order valence-corrected chi connectivity index (χ4v) is 4.28. The summed E-state index contributed by atoms with van der Waals surface area (Å²) in [5.41, 5.74) is 0.732. The summed E-state index contributed by atoms with van der Waals surface area (Å²) in [5, 5.41) is 3.66. The molecule has 0 bridgehead atoms. The first kappa shape index (κ1) is 16.3. The number of halogens is 2. The van der Waals surface area contributed by atoms with E-state index in [1.54, 1.807) is 6.07 Å². The summed E-state index contributed by atoms with van der Waals surface area (Å²) in [6.07, 6.45) is 2.57. The Labute approximate surface area is 133 Å². The molecule has 8 heteroatoms. The third-order valence-corrected chi connectivity index (χ3v) is 5.56. The van der Waals surface area contributed by atoms with Gasteiger partial charge in [-0.2, -0.15) is 0 Å². The van der Waals surface area contributed by atoms with Gasteiger partial charge in [0.1, 0.15) is 0 Å². The highest BCUT2D eigenvalue weighted by Crippen LogP contribution is 2.23. The normalized spacial score (nSPS) is 17.3. The molecule has 4 nitrogen and oxygen atoms in total. The van der Waals surface area contributed by atoms with E-state index in [1.165, 1.54) is 24.3 Å². The van der Waals surface area contributed by atoms with Crippen LogP contribution in [0.2, 0.25) is 10.0 Å². The van der Waals surface area contributed by atoms with Gasteiger partial charge in [-0.25, -0.2) is 16.8 Å². The number of benzene rings is 1. The van der Waals surface area contributed by atoms with Crippen molar-refractivity contribution in [2.75, 3.05) is 0 Å². The van der Waals surface area contributed by atoms with Crippen molar-refractivity contribution in [2.24, 2.45) is 0 Å². The van der Waals surface area contributed by atoms with E-state index in [0.29, 0.717) is 16.2 Å². The molecule has 0 radical (unpaired) electrons. The van der Waals surface area contributed by atoms with Crippen LogP contribution >= 0.6 is 23.2 Å². The van der Waals surface area contributed by atoms with Crippen molar-refractivity contribution in [3.63, 3.8) is 0 Å². The Morgan fingerprint density at radius 1 is 1.19 bits per heavy atom. The van der Waals surface area contributed by atoms with Crippen molar-refractivity contribution >= 4 is 42.9 Å². The molecule has 1 aromatic rings. The van der Waals surface area contributed by atoms with Gasteiger partial charge in [0.05, 0.1) is 5.75 Å². The van der Waals surface area contributed by atoms with Crippen molar-refractivity contribution in [1.82, 2.24) is 0 Å². The van der Waals surface area contributed by atoms with Gasteiger partial charge in [0.15, 0.2) is 19.7 Å². The summed E-state index contributed by atoms with van der Waals surface area (Å²) in [4.78, 5) is 0. The van der Waals surface area contributed by atoms with Crippen molar-refractivity contribution in [3.8, 4) is 0 Å². The molecule has 2 rings (SSSR count). The summed E-state index contributed by atoms with van der Waals surface area (Å²) in [6, 6.07) is 4.55. The summed E-state index contributed by atoms with van der Waals surface area (Å²) in [5.74, 6) is -0.288. The third kappa shape index (κ3) is 4.71. The van der Waals surface area contributed by atoms with Crippen LogP contribution in [0.5, 0.6) is 0 Å². The highest BCUT2D eigenvalue weighted by molar-refractivity contribution is 7.97. The Balaban J connectivity index is 2.18. The van der Waals surface area contributed by atoms with Gasteiger partial charge in [0.25, 0.3) is 0 Å². The topological polar surface area (TPSA) is 68.3 Å². The molecule has 1 heterocycles. The molecule has 0 saturated carbocycles. The Hall–Kier alpha value is -1.08. The van der Waals surface area contributed by atoms with Gasteiger partial charge < -0.3 is 0 Å². The smallest absolute Gasteiger partial charge is 0.193 e. The predicted molar refractivity (Wildman–Crippen MR) is 84.4 cm³/mol. The molecule has 112 valence electrons. The van der Waals surface area contributed by atoms with E-state index >= 15 is 0 Å². The molecular weight excluding hydrogens is 355 g/mol. The molecule has 0 unspecified atom stereocenters. The Bertz CT molecular complexity index is 863. The Morgan fingerprint density at radius 2 is 1.90 bits per heavy atom. The quantitative estimate of drug-likeness (QED) is 0.822. The van der Waals surface area contributed by atoms with Crippen LogP contribution < -0.4 is 0 Å². The van der Waals surface area contributed by atoms with Gasteiger partial charge >= 0.3 is 0 Å². The molecule has 0 N–H and O–H groups in total. The van der Waals surface area contributed by atoms with E-state index in [1.807, 2.05) is 0 Å². The van der Waals surface area contributed by atoms with Crippen molar-refractivity contribution in [1.29, 1.82) is 0 Å². The van der Waals surface area contributed by atoms with Crippen molar-refractivity contribution in [3.05, 3.63) is 67.8 Å². The van der Waals surface area contributed by atoms with Crippen LogP contribution in [0.4, 0.5) is 0 Å². The highest BCUT2D eigenvalue weighted by Gasteiger charge is 2.13. The van der Waals surface area contributed by atoms with Gasteiger partial charge in [0.2, 0.25) is 0 Å². The second-order valence-corrected chi connectivity index (χ2v) is 8.77. The monoisotopic (exact) mass is 364 g/mol. The summed E-state index contributed by atoms with van der Waals surface area (Å²) >= 11 is 11.7. The molecule has 0 aliphatic carbocycles. The number of rotatable bonds is 4. The molecule has 1 aliphatic heterocycles. The second-order valence-electron chi connectivity index (χ2n) is 4.36. The maximum absolute atomic E-state index is 12.0. The average Bonchev–Trinajstić information content (AvgIpc) is 2.70. The van der Waals surface area contributed by atoms with E-state index in [4.69, 9.17) is 23.2 Å². The minimum absolute atomic E-state index is 0.266. The molecule has 0 spiro atoms. The van der Waals surface area contributed by atoms with Gasteiger partial charge in [0, 0.05) is 26.3 Å². The van der Waals surface area contributed by atoms with Crippen LogP contribution in [0.15, 0.2) is 52.1 Å². The van der Waals surface area contributed by atoms with Crippen LogP contribution in [0.1, 0.15) is 5.56 Å². The van der Waals surface area contributed by atoms with E-state index in [-0.39, 0.29) is 10.8 Å². The van der Waals surface area contributed by atoms with E-state index in [9.17, 15) is 16.8 Å². The number of hydrogen-bond acceptors (Lipinski definition) is 4. The molecule has 0 atom stereocenters. The lowest BCUT2D eigenvalue weighted by Gasteiger charge is -2.03. The van der Waals surface area contributed by atoms with E-state index < -0.39 is 19.7 Å². The zero-order valence-electron chi connectivity index (χ0n) is 10.5. The van der Waals surface area contributed by atoms with Gasteiger partial charge in [-0.05, 0) is 35.4 Å². The summed E-state index contributed by atoms with van der Waals surface area (Å²) in [6.45, 7) is 0.